The highest BCUT2D eigenvalue weighted by molar-refractivity contribution is 6.27. The zero-order valence-corrected chi connectivity index (χ0v) is 32.8. The first-order valence-electron chi connectivity index (χ1n) is 20.9. The van der Waals surface area contributed by atoms with Crippen LogP contribution in [-0.4, -0.2) is 14.5 Å². The van der Waals surface area contributed by atoms with Crippen LogP contribution < -0.4 is 0 Å². The molecule has 3 heterocycles. The van der Waals surface area contributed by atoms with Crippen molar-refractivity contribution in [3.8, 4) is 50.7 Å². The van der Waals surface area contributed by atoms with E-state index in [0.29, 0.717) is 5.95 Å². The van der Waals surface area contributed by atoms with Crippen LogP contribution in [0.5, 0.6) is 0 Å². The van der Waals surface area contributed by atoms with Gasteiger partial charge < -0.3 is 4.42 Å². The standard InChI is InChI=1S/C57H33N3O/c1-2-17-34(18-3-1)46-33-47(40-26-16-32-50-51(40)42-25-10-15-31-49(42)61-50)59-56(58-46)60-48-30-14-9-24-41(48)53-38-22-5-4-21-37(38)52-39-23-8-13-29-45(39)57(54(52)55(53)60)43-27-11-6-19-35(43)36-20-7-12-28-44(36)57/h1-33H. The summed E-state index contributed by atoms with van der Waals surface area (Å²) in [6.45, 7) is 0. The highest BCUT2D eigenvalue weighted by Crippen LogP contribution is 2.66. The Labute approximate surface area is 350 Å². The summed E-state index contributed by atoms with van der Waals surface area (Å²) in [5, 5.41) is 6.94. The summed E-state index contributed by atoms with van der Waals surface area (Å²) in [5.41, 5.74) is 17.2. The molecule has 12 aromatic rings. The van der Waals surface area contributed by atoms with Crippen molar-refractivity contribution in [2.24, 2.45) is 0 Å². The molecule has 2 aliphatic rings. The molecule has 0 bridgehead atoms. The molecule has 282 valence electrons. The first kappa shape index (κ1) is 32.8. The number of hydrogen-bond donors (Lipinski definition) is 0. The fourth-order valence-corrected chi connectivity index (χ4v) is 11.1. The second-order valence-corrected chi connectivity index (χ2v) is 16.3. The third-order valence-electron chi connectivity index (χ3n) is 13.4. The van der Waals surface area contributed by atoms with E-state index in [4.69, 9.17) is 14.4 Å². The maximum absolute atomic E-state index is 6.43. The second-order valence-electron chi connectivity index (χ2n) is 16.3. The highest BCUT2D eigenvalue weighted by atomic mass is 16.3. The lowest BCUT2D eigenvalue weighted by molar-refractivity contribution is 0.669. The van der Waals surface area contributed by atoms with E-state index in [1.165, 1.54) is 66.1 Å². The van der Waals surface area contributed by atoms with Crippen LogP contribution in [0.15, 0.2) is 205 Å². The summed E-state index contributed by atoms with van der Waals surface area (Å²) >= 11 is 0. The van der Waals surface area contributed by atoms with E-state index >= 15 is 0 Å². The Morgan fingerprint density at radius 3 is 1.74 bits per heavy atom. The number of benzene rings is 9. The smallest absolute Gasteiger partial charge is 0.235 e. The molecule has 0 unspecified atom stereocenters. The monoisotopic (exact) mass is 775 g/mol. The molecule has 0 aliphatic heterocycles. The summed E-state index contributed by atoms with van der Waals surface area (Å²) < 4.78 is 8.82. The van der Waals surface area contributed by atoms with Gasteiger partial charge >= 0.3 is 0 Å². The molecular weight excluding hydrogens is 743 g/mol. The number of hydrogen-bond acceptors (Lipinski definition) is 3. The number of nitrogens with zero attached hydrogens (tertiary/aromatic N) is 3. The van der Waals surface area contributed by atoms with Crippen LogP contribution in [0.3, 0.4) is 0 Å². The molecule has 61 heavy (non-hydrogen) atoms. The van der Waals surface area contributed by atoms with Crippen LogP contribution in [0.2, 0.25) is 0 Å². The van der Waals surface area contributed by atoms with Crippen molar-refractivity contribution in [1.29, 1.82) is 0 Å². The van der Waals surface area contributed by atoms with Gasteiger partial charge in [0.1, 0.15) is 11.2 Å². The van der Waals surface area contributed by atoms with Gasteiger partial charge in [0, 0.05) is 38.2 Å². The minimum atomic E-state index is -0.602. The predicted octanol–water partition coefficient (Wildman–Crippen LogP) is 14.3. The van der Waals surface area contributed by atoms with E-state index in [0.717, 1.165) is 55.5 Å². The van der Waals surface area contributed by atoms with Crippen molar-refractivity contribution in [2.75, 3.05) is 0 Å². The van der Waals surface area contributed by atoms with E-state index < -0.39 is 5.41 Å². The van der Waals surface area contributed by atoms with Gasteiger partial charge in [0.05, 0.1) is 27.8 Å². The van der Waals surface area contributed by atoms with E-state index in [-0.39, 0.29) is 0 Å². The second kappa shape index (κ2) is 12.0. The van der Waals surface area contributed by atoms with Crippen LogP contribution >= 0.6 is 0 Å². The first-order valence-corrected chi connectivity index (χ1v) is 20.9. The van der Waals surface area contributed by atoms with Crippen LogP contribution in [0.1, 0.15) is 22.3 Å². The van der Waals surface area contributed by atoms with Crippen molar-refractivity contribution in [3.63, 3.8) is 0 Å². The summed E-state index contributed by atoms with van der Waals surface area (Å²) in [6, 6.07) is 72.2. The first-order chi connectivity index (χ1) is 30.3. The number of para-hydroxylation sites is 2. The topological polar surface area (TPSA) is 43.9 Å². The number of fused-ring (bicyclic) bond motifs is 20. The SMILES string of the molecule is c1ccc(-c2cc(-c3cccc4oc5ccccc5c34)nc(-n3c4ccccc4c4c5ccccc5c5c(c43)C3(c4ccccc4-c4ccccc43)c3ccccc3-5)n2)cc1. The third kappa shape index (κ3) is 4.18. The molecule has 0 N–H and O–H groups in total. The Morgan fingerprint density at radius 1 is 0.410 bits per heavy atom. The van der Waals surface area contributed by atoms with E-state index in [9.17, 15) is 0 Å². The van der Waals surface area contributed by atoms with Crippen molar-refractivity contribution in [3.05, 3.63) is 222 Å². The highest BCUT2D eigenvalue weighted by Gasteiger charge is 2.53. The molecule has 3 aromatic heterocycles. The lowest BCUT2D eigenvalue weighted by Gasteiger charge is -2.31. The van der Waals surface area contributed by atoms with Gasteiger partial charge in [-0.3, -0.25) is 4.57 Å². The fraction of sp³-hybridized carbons (Fsp3) is 0.0175. The largest absolute Gasteiger partial charge is 0.456 e. The van der Waals surface area contributed by atoms with E-state index in [1.807, 2.05) is 12.1 Å². The maximum atomic E-state index is 6.43. The average Bonchev–Trinajstić information content (AvgIpc) is 4.06. The van der Waals surface area contributed by atoms with Crippen LogP contribution in [0.25, 0.3) is 105 Å². The molecule has 4 nitrogen and oxygen atoms in total. The summed E-state index contributed by atoms with van der Waals surface area (Å²) in [4.78, 5) is 11.3. The molecule has 4 heteroatoms. The van der Waals surface area contributed by atoms with Crippen molar-refractivity contribution < 1.29 is 4.42 Å². The molecule has 0 saturated carbocycles. The normalized spacial score (nSPS) is 13.4. The molecule has 0 atom stereocenters. The molecular formula is C57H33N3O. The Hall–Kier alpha value is -8.08. The molecule has 2 aliphatic carbocycles. The Bertz CT molecular complexity index is 3790. The maximum Gasteiger partial charge on any atom is 0.235 e. The Kier molecular flexibility index (Phi) is 6.46. The van der Waals surface area contributed by atoms with Crippen molar-refractivity contribution >= 4 is 54.5 Å². The zero-order valence-electron chi connectivity index (χ0n) is 32.8. The molecule has 9 aromatic carbocycles. The average molecular weight is 776 g/mol. The molecule has 1 spiro atoms. The Morgan fingerprint density at radius 2 is 0.967 bits per heavy atom. The van der Waals surface area contributed by atoms with Gasteiger partial charge in [-0.2, -0.15) is 0 Å². The minimum Gasteiger partial charge on any atom is -0.456 e. The van der Waals surface area contributed by atoms with Gasteiger partial charge in [0.2, 0.25) is 5.95 Å². The quantitative estimate of drug-likeness (QED) is 0.180. The zero-order chi connectivity index (χ0) is 39.8. The molecule has 14 rings (SSSR count). The molecule has 0 fully saturated rings. The number of rotatable bonds is 3. The predicted molar refractivity (Wildman–Crippen MR) is 248 cm³/mol. The van der Waals surface area contributed by atoms with Crippen LogP contribution in [0, 0.1) is 0 Å². The van der Waals surface area contributed by atoms with Crippen molar-refractivity contribution in [1.82, 2.24) is 14.5 Å². The van der Waals surface area contributed by atoms with Crippen LogP contribution in [0.4, 0.5) is 0 Å². The molecule has 0 radical (unpaired) electrons. The van der Waals surface area contributed by atoms with Gasteiger partial charge in [-0.05, 0) is 74.0 Å². The molecule has 0 saturated heterocycles. The summed E-state index contributed by atoms with van der Waals surface area (Å²) in [6.07, 6.45) is 0. The van der Waals surface area contributed by atoms with Gasteiger partial charge in [-0.25, -0.2) is 9.97 Å². The number of furan rings is 1. The van der Waals surface area contributed by atoms with Gasteiger partial charge in [0.15, 0.2) is 0 Å². The lowest BCUT2D eigenvalue weighted by atomic mass is 9.70. The summed E-state index contributed by atoms with van der Waals surface area (Å²) in [5.74, 6) is 0.621. The van der Waals surface area contributed by atoms with Gasteiger partial charge in [0.25, 0.3) is 0 Å². The fourth-order valence-electron chi connectivity index (χ4n) is 11.1. The minimum absolute atomic E-state index is 0.602. The van der Waals surface area contributed by atoms with Gasteiger partial charge in [-0.15, -0.1) is 0 Å². The number of aromatic nitrogens is 3. The van der Waals surface area contributed by atoms with Gasteiger partial charge in [-0.1, -0.05) is 176 Å². The van der Waals surface area contributed by atoms with Crippen molar-refractivity contribution in [2.45, 2.75) is 5.41 Å². The Balaban J connectivity index is 1.20. The van der Waals surface area contributed by atoms with Crippen LogP contribution in [-0.2, 0) is 5.41 Å². The molecule has 0 amide bonds. The summed E-state index contributed by atoms with van der Waals surface area (Å²) in [7, 11) is 0. The van der Waals surface area contributed by atoms with E-state index in [1.54, 1.807) is 0 Å². The lowest BCUT2D eigenvalue weighted by Crippen LogP contribution is -2.26. The van der Waals surface area contributed by atoms with E-state index in [2.05, 4.69) is 193 Å². The third-order valence-corrected chi connectivity index (χ3v) is 13.4.